The van der Waals surface area contributed by atoms with Crippen LogP contribution in [0.3, 0.4) is 0 Å². The molecule has 1 amide bonds. The summed E-state index contributed by atoms with van der Waals surface area (Å²) in [4.78, 5) is 38.5. The predicted molar refractivity (Wildman–Crippen MR) is 102 cm³/mol. The van der Waals surface area contributed by atoms with Crippen LogP contribution >= 0.6 is 0 Å². The first-order chi connectivity index (χ1) is 14.3. The summed E-state index contributed by atoms with van der Waals surface area (Å²) in [6, 6.07) is 7.30. The van der Waals surface area contributed by atoms with Gasteiger partial charge in [-0.3, -0.25) is 14.4 Å². The Morgan fingerprint density at radius 3 is 2.57 bits per heavy atom. The average molecular weight is 415 g/mol. The second kappa shape index (κ2) is 8.12. The Balaban J connectivity index is 1.52. The third-order valence-corrected chi connectivity index (χ3v) is 5.36. The maximum absolute atomic E-state index is 13.7. The van der Waals surface area contributed by atoms with Gasteiger partial charge in [-0.2, -0.15) is 0 Å². The molecule has 7 nitrogen and oxygen atoms in total. The highest BCUT2D eigenvalue weighted by Gasteiger charge is 2.44. The van der Waals surface area contributed by atoms with Crippen LogP contribution in [0.25, 0.3) is 0 Å². The Kier molecular flexibility index (Phi) is 5.53. The topological polar surface area (TPSA) is 86.1 Å². The maximum atomic E-state index is 13.7. The van der Waals surface area contributed by atoms with Gasteiger partial charge in [0.05, 0.1) is 13.2 Å². The molecular formula is C22H22FNO6. The molecule has 0 spiro atoms. The quantitative estimate of drug-likeness (QED) is 0.410. The number of carbonyl (C=O) groups is 3. The molecule has 1 aromatic carbocycles. The van der Waals surface area contributed by atoms with Gasteiger partial charge in [-0.05, 0) is 43.7 Å². The fourth-order valence-corrected chi connectivity index (χ4v) is 3.75. The highest BCUT2D eigenvalue weighted by atomic mass is 19.1. The van der Waals surface area contributed by atoms with Gasteiger partial charge in [0.15, 0.2) is 12.1 Å². The number of likely N-dealkylation sites (tertiary alicyclic amines) is 1. The van der Waals surface area contributed by atoms with Gasteiger partial charge in [0, 0.05) is 24.6 Å². The third kappa shape index (κ3) is 3.80. The summed E-state index contributed by atoms with van der Waals surface area (Å²) in [6.45, 7) is 4.51. The molecule has 2 aliphatic heterocycles. The van der Waals surface area contributed by atoms with E-state index >= 15 is 0 Å². The molecule has 2 aromatic rings. The lowest BCUT2D eigenvalue weighted by atomic mass is 10.0. The van der Waals surface area contributed by atoms with Crippen molar-refractivity contribution in [2.75, 3.05) is 19.8 Å². The van der Waals surface area contributed by atoms with Gasteiger partial charge in [0.25, 0.3) is 5.91 Å². The Bertz CT molecular complexity index is 991. The number of Topliss-reactive ketones (excluding diaryl/α,β-unsaturated/α-hetero) is 2. The van der Waals surface area contributed by atoms with Crippen molar-refractivity contribution in [3.8, 4) is 0 Å². The van der Waals surface area contributed by atoms with Crippen molar-refractivity contribution < 1.29 is 32.7 Å². The summed E-state index contributed by atoms with van der Waals surface area (Å²) in [5.41, 5.74) is 1.32. The summed E-state index contributed by atoms with van der Waals surface area (Å²) >= 11 is 0. The molecule has 2 saturated heterocycles. The van der Waals surface area contributed by atoms with Gasteiger partial charge in [-0.1, -0.05) is 6.07 Å². The van der Waals surface area contributed by atoms with Gasteiger partial charge in [-0.15, -0.1) is 0 Å². The second-order valence-corrected chi connectivity index (χ2v) is 7.69. The number of amides is 1. The highest BCUT2D eigenvalue weighted by Crippen LogP contribution is 2.29. The van der Waals surface area contributed by atoms with Crippen molar-refractivity contribution >= 4 is 17.5 Å². The first-order valence-electron chi connectivity index (χ1n) is 9.84. The van der Waals surface area contributed by atoms with E-state index in [1.165, 1.54) is 23.1 Å². The molecule has 0 bridgehead atoms. The fourth-order valence-electron chi connectivity index (χ4n) is 3.75. The third-order valence-electron chi connectivity index (χ3n) is 5.36. The summed E-state index contributed by atoms with van der Waals surface area (Å²) < 4.78 is 30.4. The average Bonchev–Trinajstić information content (AvgIpc) is 3.45. The summed E-state index contributed by atoms with van der Waals surface area (Å²) in [5, 5.41) is 0. The van der Waals surface area contributed by atoms with E-state index in [0.717, 1.165) is 5.56 Å². The molecule has 158 valence electrons. The van der Waals surface area contributed by atoms with Crippen LogP contribution in [0.4, 0.5) is 4.39 Å². The lowest BCUT2D eigenvalue weighted by Crippen LogP contribution is -2.33. The molecule has 2 fully saturated rings. The number of nitrogens with zero attached hydrogens (tertiary/aromatic N) is 1. The van der Waals surface area contributed by atoms with Crippen LogP contribution in [0.5, 0.6) is 0 Å². The molecular weight excluding hydrogens is 393 g/mol. The number of halogens is 1. The van der Waals surface area contributed by atoms with Crippen LogP contribution in [-0.2, 0) is 25.5 Å². The molecule has 1 unspecified atom stereocenters. The number of ether oxygens (including phenoxy) is 2. The van der Waals surface area contributed by atoms with Crippen molar-refractivity contribution in [3.05, 3.63) is 58.8 Å². The number of ketones is 2. The van der Waals surface area contributed by atoms with E-state index in [1.807, 2.05) is 0 Å². The standard InChI is InChI=1S/C22H22FNO6/c1-12(2)24-11-17(20(26)21(24)27)19(25)18-6-5-15(30-18)9-13-3-4-14(23)10-16(13)22-28-7-8-29-22/h3-6,10,12,17,22H,7-9,11H2,1-2H3. The van der Waals surface area contributed by atoms with E-state index in [1.54, 1.807) is 26.0 Å². The van der Waals surface area contributed by atoms with E-state index in [9.17, 15) is 18.8 Å². The van der Waals surface area contributed by atoms with E-state index in [2.05, 4.69) is 0 Å². The van der Waals surface area contributed by atoms with Crippen LogP contribution in [0.1, 0.15) is 47.6 Å². The molecule has 0 aliphatic carbocycles. The van der Waals surface area contributed by atoms with E-state index in [4.69, 9.17) is 13.9 Å². The summed E-state index contributed by atoms with van der Waals surface area (Å²) in [5.74, 6) is -2.81. The minimum absolute atomic E-state index is 0.0267. The second-order valence-electron chi connectivity index (χ2n) is 7.69. The number of benzene rings is 1. The molecule has 2 aliphatic rings. The van der Waals surface area contributed by atoms with Crippen molar-refractivity contribution in [1.82, 2.24) is 4.90 Å². The zero-order valence-electron chi connectivity index (χ0n) is 16.7. The van der Waals surface area contributed by atoms with E-state index in [0.29, 0.717) is 31.0 Å². The van der Waals surface area contributed by atoms with Crippen molar-refractivity contribution in [2.45, 2.75) is 32.6 Å². The lowest BCUT2D eigenvalue weighted by Gasteiger charge is -2.19. The molecule has 3 heterocycles. The van der Waals surface area contributed by atoms with Gasteiger partial charge in [0.1, 0.15) is 17.5 Å². The minimum Gasteiger partial charge on any atom is -0.458 e. The predicted octanol–water partition coefficient (Wildman–Crippen LogP) is 2.67. The Labute approximate surface area is 172 Å². The SMILES string of the molecule is CC(C)N1CC(C(=O)c2ccc(Cc3ccc(F)cc3C3OCCO3)o2)C(=O)C1=O. The highest BCUT2D eigenvalue weighted by molar-refractivity contribution is 6.43. The largest absolute Gasteiger partial charge is 0.458 e. The number of hydrogen-bond acceptors (Lipinski definition) is 6. The van der Waals surface area contributed by atoms with E-state index < -0.39 is 35.5 Å². The molecule has 8 heteroatoms. The Morgan fingerprint density at radius 1 is 1.17 bits per heavy atom. The molecule has 0 radical (unpaired) electrons. The molecule has 1 aromatic heterocycles. The van der Waals surface area contributed by atoms with Crippen molar-refractivity contribution in [3.63, 3.8) is 0 Å². The van der Waals surface area contributed by atoms with Crippen LogP contribution in [-0.4, -0.2) is 48.2 Å². The van der Waals surface area contributed by atoms with Crippen LogP contribution in [0.15, 0.2) is 34.7 Å². The first-order valence-corrected chi connectivity index (χ1v) is 9.84. The fraction of sp³-hybridized carbons (Fsp3) is 0.409. The Morgan fingerprint density at radius 2 is 1.90 bits per heavy atom. The zero-order valence-corrected chi connectivity index (χ0v) is 16.7. The normalized spacial score (nSPS) is 20.0. The first kappa shape index (κ1) is 20.4. The van der Waals surface area contributed by atoms with Crippen molar-refractivity contribution in [1.29, 1.82) is 0 Å². The Hall–Kier alpha value is -2.84. The smallest absolute Gasteiger partial charge is 0.291 e. The molecule has 4 rings (SSSR count). The number of furan rings is 1. The van der Waals surface area contributed by atoms with Gasteiger partial charge in [0.2, 0.25) is 11.6 Å². The molecule has 30 heavy (non-hydrogen) atoms. The molecule has 1 atom stereocenters. The summed E-state index contributed by atoms with van der Waals surface area (Å²) in [6.07, 6.45) is -0.349. The molecule has 0 saturated carbocycles. The number of carbonyl (C=O) groups excluding carboxylic acids is 3. The molecule has 0 N–H and O–H groups in total. The van der Waals surface area contributed by atoms with Crippen LogP contribution < -0.4 is 0 Å². The van der Waals surface area contributed by atoms with Gasteiger partial charge in [-0.25, -0.2) is 4.39 Å². The van der Waals surface area contributed by atoms with Gasteiger partial charge >= 0.3 is 0 Å². The van der Waals surface area contributed by atoms with Crippen LogP contribution in [0.2, 0.25) is 0 Å². The lowest BCUT2D eigenvalue weighted by molar-refractivity contribution is -0.141. The summed E-state index contributed by atoms with van der Waals surface area (Å²) in [7, 11) is 0. The number of rotatable bonds is 6. The maximum Gasteiger partial charge on any atom is 0.291 e. The zero-order chi connectivity index (χ0) is 21.4. The number of hydrogen-bond donors (Lipinski definition) is 0. The van der Waals surface area contributed by atoms with E-state index in [-0.39, 0.29) is 18.3 Å². The van der Waals surface area contributed by atoms with Crippen molar-refractivity contribution in [2.24, 2.45) is 5.92 Å². The van der Waals surface area contributed by atoms with Gasteiger partial charge < -0.3 is 18.8 Å². The minimum atomic E-state index is -1.06. The van der Waals surface area contributed by atoms with Crippen LogP contribution in [0, 0.1) is 11.7 Å². The monoisotopic (exact) mass is 415 g/mol.